The topological polar surface area (TPSA) is 20.3 Å². The third-order valence-electron chi connectivity index (χ3n) is 2.43. The molecule has 0 bridgehead atoms. The maximum absolute atomic E-state index is 11.4. The number of carbonyl (C=O) groups is 1. The first kappa shape index (κ1) is 16.0. The summed E-state index contributed by atoms with van der Waals surface area (Å²) in [7, 11) is 0. The lowest BCUT2D eigenvalue weighted by Gasteiger charge is -2.21. The minimum Gasteiger partial charge on any atom is -0.339 e. The first-order chi connectivity index (χ1) is 8.07. The van der Waals surface area contributed by atoms with Crippen molar-refractivity contribution < 1.29 is 4.79 Å². The summed E-state index contributed by atoms with van der Waals surface area (Å²) in [5, 5.41) is 0. The van der Waals surface area contributed by atoms with Crippen LogP contribution in [0.5, 0.6) is 0 Å². The molecule has 1 amide bonds. The van der Waals surface area contributed by atoms with Crippen LogP contribution in [-0.4, -0.2) is 23.9 Å². The molecule has 0 aromatic carbocycles. The smallest absolute Gasteiger partial charge is 0.219 e. The molecule has 0 heterocycles. The van der Waals surface area contributed by atoms with Crippen molar-refractivity contribution in [3.05, 3.63) is 24.3 Å². The predicted octanol–water partition coefficient (Wildman–Crippen LogP) is 3.79. The van der Waals surface area contributed by atoms with E-state index in [1.54, 1.807) is 6.92 Å². The largest absolute Gasteiger partial charge is 0.339 e. The first-order valence-corrected chi connectivity index (χ1v) is 6.63. The van der Waals surface area contributed by atoms with Crippen LogP contribution in [0.15, 0.2) is 24.3 Å². The zero-order valence-electron chi connectivity index (χ0n) is 11.8. The SMILES string of the molecule is CC/C=C\CC/C=C/CN(CC(C)C)C(C)=O. The molecule has 0 unspecified atom stereocenters. The molecular formula is C15H27NO. The van der Waals surface area contributed by atoms with E-state index in [-0.39, 0.29) is 5.91 Å². The van der Waals surface area contributed by atoms with Gasteiger partial charge in [0.05, 0.1) is 0 Å². The summed E-state index contributed by atoms with van der Waals surface area (Å²) >= 11 is 0. The van der Waals surface area contributed by atoms with Gasteiger partial charge in [0.2, 0.25) is 5.91 Å². The van der Waals surface area contributed by atoms with Crippen LogP contribution in [0.1, 0.15) is 47.0 Å². The van der Waals surface area contributed by atoms with Gasteiger partial charge in [-0.2, -0.15) is 0 Å². The van der Waals surface area contributed by atoms with E-state index in [1.807, 2.05) is 4.90 Å². The lowest BCUT2D eigenvalue weighted by Crippen LogP contribution is -2.32. The van der Waals surface area contributed by atoms with Crippen molar-refractivity contribution in [2.24, 2.45) is 5.92 Å². The zero-order valence-corrected chi connectivity index (χ0v) is 11.8. The van der Waals surface area contributed by atoms with Gasteiger partial charge in [-0.05, 0) is 25.2 Å². The van der Waals surface area contributed by atoms with E-state index in [0.29, 0.717) is 5.92 Å². The molecule has 0 N–H and O–H groups in total. The molecule has 0 aliphatic carbocycles. The second-order valence-electron chi connectivity index (χ2n) is 4.75. The maximum atomic E-state index is 11.4. The molecule has 2 nitrogen and oxygen atoms in total. The molecule has 2 heteroatoms. The Bertz CT molecular complexity index is 254. The average molecular weight is 237 g/mol. The lowest BCUT2D eigenvalue weighted by molar-refractivity contribution is -0.128. The van der Waals surface area contributed by atoms with E-state index in [0.717, 1.165) is 32.4 Å². The van der Waals surface area contributed by atoms with Gasteiger partial charge in [-0.1, -0.05) is 45.1 Å². The van der Waals surface area contributed by atoms with Crippen molar-refractivity contribution in [3.8, 4) is 0 Å². The monoisotopic (exact) mass is 237 g/mol. The number of unbranched alkanes of at least 4 members (excludes halogenated alkanes) is 1. The van der Waals surface area contributed by atoms with Crippen LogP contribution < -0.4 is 0 Å². The average Bonchev–Trinajstić information content (AvgIpc) is 2.25. The minimum absolute atomic E-state index is 0.161. The summed E-state index contributed by atoms with van der Waals surface area (Å²) in [4.78, 5) is 13.3. The molecule has 0 saturated heterocycles. The Kier molecular flexibility index (Phi) is 9.50. The van der Waals surface area contributed by atoms with Gasteiger partial charge >= 0.3 is 0 Å². The second-order valence-corrected chi connectivity index (χ2v) is 4.75. The molecule has 0 radical (unpaired) electrons. The van der Waals surface area contributed by atoms with Crippen LogP contribution >= 0.6 is 0 Å². The number of hydrogen-bond donors (Lipinski definition) is 0. The Balaban J connectivity index is 3.84. The van der Waals surface area contributed by atoms with Crippen molar-refractivity contribution in [1.29, 1.82) is 0 Å². The van der Waals surface area contributed by atoms with Crippen LogP contribution in [0.2, 0.25) is 0 Å². The van der Waals surface area contributed by atoms with Gasteiger partial charge in [-0.3, -0.25) is 4.79 Å². The predicted molar refractivity (Wildman–Crippen MR) is 74.9 cm³/mol. The van der Waals surface area contributed by atoms with Crippen LogP contribution in [0.3, 0.4) is 0 Å². The van der Waals surface area contributed by atoms with Gasteiger partial charge in [0.1, 0.15) is 0 Å². The second kappa shape index (κ2) is 10.1. The Morgan fingerprint density at radius 1 is 1.12 bits per heavy atom. The number of amides is 1. The van der Waals surface area contributed by atoms with Gasteiger partial charge in [0.25, 0.3) is 0 Å². The molecule has 98 valence electrons. The molecule has 0 atom stereocenters. The molecule has 0 spiro atoms. The van der Waals surface area contributed by atoms with Crippen LogP contribution in [-0.2, 0) is 4.79 Å². The highest BCUT2D eigenvalue weighted by molar-refractivity contribution is 5.73. The Hall–Kier alpha value is -1.05. The summed E-state index contributed by atoms with van der Waals surface area (Å²) in [6, 6.07) is 0. The summed E-state index contributed by atoms with van der Waals surface area (Å²) in [6.07, 6.45) is 11.9. The first-order valence-electron chi connectivity index (χ1n) is 6.63. The number of rotatable bonds is 8. The van der Waals surface area contributed by atoms with Crippen molar-refractivity contribution in [2.45, 2.75) is 47.0 Å². The third-order valence-corrected chi connectivity index (χ3v) is 2.43. The molecule has 17 heavy (non-hydrogen) atoms. The molecule has 0 aliphatic heterocycles. The maximum Gasteiger partial charge on any atom is 0.219 e. The van der Waals surface area contributed by atoms with E-state index in [2.05, 4.69) is 45.1 Å². The Morgan fingerprint density at radius 3 is 2.18 bits per heavy atom. The highest BCUT2D eigenvalue weighted by atomic mass is 16.2. The van der Waals surface area contributed by atoms with Gasteiger partial charge < -0.3 is 4.90 Å². The van der Waals surface area contributed by atoms with Gasteiger partial charge in [0, 0.05) is 20.0 Å². The van der Waals surface area contributed by atoms with Crippen LogP contribution in [0.25, 0.3) is 0 Å². The molecule has 0 aliphatic rings. The normalized spacial score (nSPS) is 11.8. The summed E-state index contributed by atoms with van der Waals surface area (Å²) in [5.74, 6) is 0.689. The fourth-order valence-corrected chi connectivity index (χ4v) is 1.57. The van der Waals surface area contributed by atoms with Crippen molar-refractivity contribution in [3.63, 3.8) is 0 Å². The molecule has 0 fully saturated rings. The van der Waals surface area contributed by atoms with Crippen molar-refractivity contribution >= 4 is 5.91 Å². The van der Waals surface area contributed by atoms with E-state index < -0.39 is 0 Å². The van der Waals surface area contributed by atoms with Gasteiger partial charge in [0.15, 0.2) is 0 Å². The minimum atomic E-state index is 0.161. The standard InChI is InChI=1S/C15H27NO/c1-5-6-7-8-9-10-11-12-16(15(4)17)13-14(2)3/h6-7,10-11,14H,5,8-9,12-13H2,1-4H3/b7-6-,11-10+. The Morgan fingerprint density at radius 2 is 1.71 bits per heavy atom. The van der Waals surface area contributed by atoms with E-state index in [9.17, 15) is 4.79 Å². The third kappa shape index (κ3) is 9.86. The molecule has 0 saturated carbocycles. The number of nitrogens with zero attached hydrogens (tertiary/aromatic N) is 1. The highest BCUT2D eigenvalue weighted by Gasteiger charge is 2.07. The zero-order chi connectivity index (χ0) is 13.1. The molecular weight excluding hydrogens is 210 g/mol. The van der Waals surface area contributed by atoms with Gasteiger partial charge in [-0.15, -0.1) is 0 Å². The van der Waals surface area contributed by atoms with E-state index in [1.165, 1.54) is 0 Å². The number of allylic oxidation sites excluding steroid dienone is 3. The summed E-state index contributed by atoms with van der Waals surface area (Å²) in [5.41, 5.74) is 0. The van der Waals surface area contributed by atoms with E-state index >= 15 is 0 Å². The Labute approximate surface area is 106 Å². The molecule has 0 rings (SSSR count). The lowest BCUT2D eigenvalue weighted by atomic mass is 10.2. The molecule has 0 aromatic heterocycles. The highest BCUT2D eigenvalue weighted by Crippen LogP contribution is 2.00. The summed E-state index contributed by atoms with van der Waals surface area (Å²) < 4.78 is 0. The van der Waals surface area contributed by atoms with Crippen LogP contribution in [0, 0.1) is 5.92 Å². The fraction of sp³-hybridized carbons (Fsp3) is 0.667. The number of hydrogen-bond acceptors (Lipinski definition) is 1. The van der Waals surface area contributed by atoms with Crippen LogP contribution in [0.4, 0.5) is 0 Å². The quantitative estimate of drug-likeness (QED) is 0.464. The van der Waals surface area contributed by atoms with Crippen molar-refractivity contribution in [1.82, 2.24) is 4.90 Å². The number of carbonyl (C=O) groups excluding carboxylic acids is 1. The van der Waals surface area contributed by atoms with Gasteiger partial charge in [-0.25, -0.2) is 0 Å². The fourth-order valence-electron chi connectivity index (χ4n) is 1.57. The van der Waals surface area contributed by atoms with E-state index in [4.69, 9.17) is 0 Å². The molecule has 0 aromatic rings. The summed E-state index contributed by atoms with van der Waals surface area (Å²) in [6.45, 7) is 9.63. The van der Waals surface area contributed by atoms with Crippen molar-refractivity contribution in [2.75, 3.05) is 13.1 Å².